The molecule has 1 atom stereocenters. The van der Waals surface area contributed by atoms with Crippen LogP contribution in [0.1, 0.15) is 26.2 Å². The molecule has 0 amide bonds. The van der Waals surface area contributed by atoms with Crippen LogP contribution in [0.4, 0.5) is 0 Å². The Morgan fingerprint density at radius 1 is 1.55 bits per heavy atom. The zero-order valence-corrected chi connectivity index (χ0v) is 7.16. The molecule has 0 aromatic carbocycles. The summed E-state index contributed by atoms with van der Waals surface area (Å²) >= 11 is 0. The Bertz CT molecular complexity index is 132. The third kappa shape index (κ3) is 7.16. The van der Waals surface area contributed by atoms with Crippen molar-refractivity contribution in [2.45, 2.75) is 32.3 Å². The highest BCUT2D eigenvalue weighted by atomic mass is 16.5. The predicted octanol–water partition coefficient (Wildman–Crippen LogP) is 2.50. The van der Waals surface area contributed by atoms with Crippen LogP contribution >= 0.6 is 0 Å². The third-order valence-electron chi connectivity index (χ3n) is 1.58. The largest absolute Gasteiger partial charge is 0.382 e. The van der Waals surface area contributed by atoms with Crippen LogP contribution in [0.5, 0.6) is 0 Å². The Labute approximate surface area is 67.2 Å². The van der Waals surface area contributed by atoms with E-state index in [1.54, 1.807) is 7.11 Å². The first-order valence-electron chi connectivity index (χ1n) is 3.85. The van der Waals surface area contributed by atoms with E-state index in [2.05, 4.69) is 10.0 Å². The minimum atomic E-state index is 0.320. The lowest BCUT2D eigenvalue weighted by atomic mass is 10.2. The van der Waals surface area contributed by atoms with Gasteiger partial charge in [0.05, 0.1) is 6.10 Å². The van der Waals surface area contributed by atoms with Crippen LogP contribution in [-0.2, 0) is 4.74 Å². The van der Waals surface area contributed by atoms with Gasteiger partial charge in [0.2, 0.25) is 0 Å². The molecule has 64 valence electrons. The summed E-state index contributed by atoms with van der Waals surface area (Å²) in [6.45, 7) is 2.64. The van der Waals surface area contributed by atoms with Crippen molar-refractivity contribution in [3.63, 3.8) is 0 Å². The van der Waals surface area contributed by atoms with Gasteiger partial charge in [0.15, 0.2) is 0 Å². The second kappa shape index (κ2) is 7.38. The molecule has 0 radical (unpaired) electrons. The lowest BCUT2D eigenvalue weighted by Gasteiger charge is -2.06. The smallest absolute Gasteiger partial charge is 0.0543 e. The Balaban J connectivity index is 3.07. The van der Waals surface area contributed by atoms with E-state index in [9.17, 15) is 0 Å². The van der Waals surface area contributed by atoms with Crippen LogP contribution in [0.3, 0.4) is 0 Å². The average molecular weight is 157 g/mol. The fraction of sp³-hybridized carbons (Fsp3) is 1.00. The summed E-state index contributed by atoms with van der Waals surface area (Å²) in [6.07, 6.45) is 3.38. The highest BCUT2D eigenvalue weighted by Gasteiger charge is 1.96. The molecule has 0 aliphatic carbocycles. The molecule has 0 spiro atoms. The second-order valence-corrected chi connectivity index (χ2v) is 2.50. The van der Waals surface area contributed by atoms with Crippen molar-refractivity contribution in [3.8, 4) is 0 Å². The molecule has 0 aromatic heterocycles. The Morgan fingerprint density at radius 3 is 2.82 bits per heavy atom. The minimum absolute atomic E-state index is 0.320. The van der Waals surface area contributed by atoms with Gasteiger partial charge in [-0.25, -0.2) is 0 Å². The van der Waals surface area contributed by atoms with Crippen molar-refractivity contribution in [1.82, 2.24) is 0 Å². The number of hydrogen-bond donors (Lipinski definition) is 0. The van der Waals surface area contributed by atoms with Gasteiger partial charge in [0, 0.05) is 18.6 Å². The third-order valence-corrected chi connectivity index (χ3v) is 1.58. The highest BCUT2D eigenvalue weighted by molar-refractivity contribution is 4.52. The van der Waals surface area contributed by atoms with E-state index < -0.39 is 0 Å². The summed E-state index contributed by atoms with van der Waals surface area (Å²) in [7, 11) is 1.71. The maximum absolute atomic E-state index is 7.95. The fourth-order valence-corrected chi connectivity index (χ4v) is 0.777. The zero-order chi connectivity index (χ0) is 8.53. The van der Waals surface area contributed by atoms with Crippen LogP contribution in [0.15, 0.2) is 5.11 Å². The van der Waals surface area contributed by atoms with E-state index in [1.807, 2.05) is 6.92 Å². The molecule has 0 fully saturated rings. The first-order valence-corrected chi connectivity index (χ1v) is 3.85. The van der Waals surface area contributed by atoms with Crippen molar-refractivity contribution < 1.29 is 4.74 Å². The summed E-state index contributed by atoms with van der Waals surface area (Å²) in [5.41, 5.74) is 7.95. The Kier molecular flexibility index (Phi) is 6.89. The SMILES string of the molecule is COC(C)CCCCN=[N+]=[N-]. The fourth-order valence-electron chi connectivity index (χ4n) is 0.777. The average Bonchev–Trinajstić information content (AvgIpc) is 2.04. The molecular weight excluding hydrogens is 142 g/mol. The lowest BCUT2D eigenvalue weighted by Crippen LogP contribution is -2.03. The molecule has 0 aliphatic rings. The van der Waals surface area contributed by atoms with Crippen LogP contribution in [-0.4, -0.2) is 19.8 Å². The number of ether oxygens (including phenoxy) is 1. The molecule has 0 rings (SSSR count). The van der Waals surface area contributed by atoms with E-state index >= 15 is 0 Å². The molecule has 0 bridgehead atoms. The van der Waals surface area contributed by atoms with E-state index in [0.717, 1.165) is 19.3 Å². The lowest BCUT2D eigenvalue weighted by molar-refractivity contribution is 0.109. The molecule has 4 nitrogen and oxygen atoms in total. The Hall–Kier alpha value is -0.730. The number of unbranched alkanes of at least 4 members (excludes halogenated alkanes) is 1. The van der Waals surface area contributed by atoms with Crippen molar-refractivity contribution in [2.24, 2.45) is 5.11 Å². The van der Waals surface area contributed by atoms with Crippen LogP contribution in [0.2, 0.25) is 0 Å². The first-order chi connectivity index (χ1) is 5.31. The van der Waals surface area contributed by atoms with E-state index in [4.69, 9.17) is 10.3 Å². The molecule has 0 saturated heterocycles. The predicted molar refractivity (Wildman–Crippen MR) is 44.3 cm³/mol. The van der Waals surface area contributed by atoms with E-state index in [1.165, 1.54) is 0 Å². The van der Waals surface area contributed by atoms with Crippen molar-refractivity contribution in [2.75, 3.05) is 13.7 Å². The highest BCUT2D eigenvalue weighted by Crippen LogP contribution is 2.02. The van der Waals surface area contributed by atoms with Crippen LogP contribution in [0, 0.1) is 0 Å². The zero-order valence-electron chi connectivity index (χ0n) is 7.16. The van der Waals surface area contributed by atoms with Gasteiger partial charge in [0.1, 0.15) is 0 Å². The number of hydrogen-bond acceptors (Lipinski definition) is 2. The van der Waals surface area contributed by atoms with Gasteiger partial charge in [-0.3, -0.25) is 0 Å². The molecule has 1 unspecified atom stereocenters. The summed E-state index contributed by atoms with van der Waals surface area (Å²) < 4.78 is 5.05. The minimum Gasteiger partial charge on any atom is -0.382 e. The second-order valence-electron chi connectivity index (χ2n) is 2.50. The van der Waals surface area contributed by atoms with Crippen molar-refractivity contribution in [1.29, 1.82) is 0 Å². The summed E-state index contributed by atoms with van der Waals surface area (Å²) in [6, 6.07) is 0. The molecule has 0 aromatic rings. The van der Waals surface area contributed by atoms with Gasteiger partial charge in [0.25, 0.3) is 0 Å². The molecule has 0 heterocycles. The standard InChI is InChI=1S/C7H15N3O/c1-7(11-2)5-3-4-6-9-10-8/h7H,3-6H2,1-2H3. The summed E-state index contributed by atoms with van der Waals surface area (Å²) in [5.74, 6) is 0. The number of nitrogens with zero attached hydrogens (tertiary/aromatic N) is 3. The maximum Gasteiger partial charge on any atom is 0.0543 e. The van der Waals surface area contributed by atoms with Gasteiger partial charge in [-0.1, -0.05) is 11.5 Å². The molecule has 4 heteroatoms. The maximum atomic E-state index is 7.95. The topological polar surface area (TPSA) is 58.0 Å². The van der Waals surface area contributed by atoms with Gasteiger partial charge < -0.3 is 4.74 Å². The van der Waals surface area contributed by atoms with Crippen molar-refractivity contribution in [3.05, 3.63) is 10.4 Å². The molecule has 0 saturated carbocycles. The van der Waals surface area contributed by atoms with Gasteiger partial charge >= 0.3 is 0 Å². The van der Waals surface area contributed by atoms with Gasteiger partial charge in [-0.05, 0) is 25.3 Å². The quantitative estimate of drug-likeness (QED) is 0.253. The van der Waals surface area contributed by atoms with Gasteiger partial charge in [-0.2, -0.15) is 0 Å². The number of azide groups is 1. The molecule has 0 N–H and O–H groups in total. The monoisotopic (exact) mass is 157 g/mol. The van der Waals surface area contributed by atoms with Crippen molar-refractivity contribution >= 4 is 0 Å². The van der Waals surface area contributed by atoms with E-state index in [-0.39, 0.29) is 0 Å². The Morgan fingerprint density at radius 2 is 2.27 bits per heavy atom. The van der Waals surface area contributed by atoms with Crippen LogP contribution < -0.4 is 0 Å². The number of methoxy groups -OCH3 is 1. The molecular formula is C7H15N3O. The van der Waals surface area contributed by atoms with E-state index in [0.29, 0.717) is 12.6 Å². The molecule has 11 heavy (non-hydrogen) atoms. The van der Waals surface area contributed by atoms with Crippen LogP contribution in [0.25, 0.3) is 10.4 Å². The summed E-state index contributed by atoms with van der Waals surface area (Å²) in [5, 5.41) is 3.43. The normalized spacial score (nSPS) is 12.2. The molecule has 0 aliphatic heterocycles. The first kappa shape index (κ1) is 10.3. The number of rotatable bonds is 6. The summed E-state index contributed by atoms with van der Waals surface area (Å²) in [4.78, 5) is 2.67. The van der Waals surface area contributed by atoms with Gasteiger partial charge in [-0.15, -0.1) is 0 Å².